The monoisotopic (exact) mass is 522 g/mol. The second-order valence-electron chi connectivity index (χ2n) is 10.7. The lowest BCUT2D eigenvalue weighted by atomic mass is 9.53. The smallest absolute Gasteiger partial charge is 0.336 e. The summed E-state index contributed by atoms with van der Waals surface area (Å²) in [6.07, 6.45) is -2.79. The molecule has 10 atom stereocenters. The topological polar surface area (TPSA) is 165 Å². The molecule has 37 heavy (non-hydrogen) atoms. The number of cyclic esters (lactones) is 1. The molecule has 11 heteroatoms. The largest absolute Gasteiger partial charge is 0.472 e. The van der Waals surface area contributed by atoms with Crippen molar-refractivity contribution in [3.63, 3.8) is 0 Å². The first-order valence-corrected chi connectivity index (χ1v) is 12.7. The predicted octanol–water partition coefficient (Wildman–Crippen LogP) is 0.749. The molecule has 0 unspecified atom stereocenters. The Hall–Kier alpha value is -2.28. The van der Waals surface area contributed by atoms with Crippen molar-refractivity contribution in [1.82, 2.24) is 0 Å². The highest BCUT2D eigenvalue weighted by atomic mass is 16.7. The van der Waals surface area contributed by atoms with E-state index in [0.717, 1.165) is 11.1 Å². The molecule has 0 aromatic carbocycles. The molecule has 2 aliphatic carbocycles. The van der Waals surface area contributed by atoms with E-state index in [1.54, 1.807) is 18.6 Å². The number of ether oxygens (including phenoxy) is 4. The number of aliphatic hydroxyl groups is 4. The summed E-state index contributed by atoms with van der Waals surface area (Å²) in [5.74, 6) is -1.23. The lowest BCUT2D eigenvalue weighted by Gasteiger charge is -2.54. The van der Waals surface area contributed by atoms with Crippen molar-refractivity contribution < 1.29 is 53.4 Å². The Bertz CT molecular complexity index is 1030. The summed E-state index contributed by atoms with van der Waals surface area (Å²) < 4.78 is 27.7. The van der Waals surface area contributed by atoms with Gasteiger partial charge in [0.15, 0.2) is 6.29 Å². The molecule has 4 N–H and O–H groups in total. The number of carbonyl (C=O) groups is 2. The first-order chi connectivity index (χ1) is 17.7. The third kappa shape index (κ3) is 4.41. The van der Waals surface area contributed by atoms with Crippen LogP contribution in [0, 0.1) is 17.3 Å². The van der Waals surface area contributed by atoms with E-state index in [0.29, 0.717) is 37.7 Å². The number of rotatable bonds is 5. The van der Waals surface area contributed by atoms with Crippen LogP contribution >= 0.6 is 0 Å². The Morgan fingerprint density at radius 1 is 1.14 bits per heavy atom. The Morgan fingerprint density at radius 2 is 1.92 bits per heavy atom. The zero-order valence-corrected chi connectivity index (χ0v) is 20.8. The van der Waals surface area contributed by atoms with Crippen LogP contribution in [0.25, 0.3) is 0 Å². The number of aliphatic hydroxyl groups excluding tert-OH is 4. The maximum absolute atomic E-state index is 13.1. The molecule has 3 fully saturated rings. The van der Waals surface area contributed by atoms with Crippen molar-refractivity contribution in [2.45, 2.75) is 81.9 Å². The quantitative estimate of drug-likeness (QED) is 0.403. The molecular formula is C26H34O11. The highest BCUT2D eigenvalue weighted by Gasteiger charge is 2.57. The number of fused-ring (bicyclic) bond motifs is 3. The summed E-state index contributed by atoms with van der Waals surface area (Å²) in [5, 5.41) is 40.2. The van der Waals surface area contributed by atoms with Gasteiger partial charge in [0.05, 0.1) is 43.8 Å². The van der Waals surface area contributed by atoms with E-state index >= 15 is 0 Å². The minimum Gasteiger partial charge on any atom is -0.472 e. The third-order valence-corrected chi connectivity index (χ3v) is 8.74. The van der Waals surface area contributed by atoms with Crippen LogP contribution in [-0.4, -0.2) is 82.9 Å². The molecule has 0 amide bonds. The lowest BCUT2D eigenvalue weighted by Crippen LogP contribution is -2.60. The second-order valence-corrected chi connectivity index (χ2v) is 10.7. The van der Waals surface area contributed by atoms with Crippen LogP contribution in [0.1, 0.15) is 50.7 Å². The van der Waals surface area contributed by atoms with Gasteiger partial charge in [0.1, 0.15) is 30.5 Å². The predicted molar refractivity (Wildman–Crippen MR) is 123 cm³/mol. The second kappa shape index (κ2) is 10.1. The van der Waals surface area contributed by atoms with Crippen molar-refractivity contribution in [2.24, 2.45) is 17.3 Å². The average molecular weight is 523 g/mol. The SMILES string of the molecule is COC(=O)C1=C2CC[C@H]3C(=O)O[C@@H](c4ccoc4)C[C@]3(C)[C@H]2CC[C@H]1O[C@@H]1O[C@H](CO)[C@@H](O)[C@H](O)[C@H]1O. The van der Waals surface area contributed by atoms with E-state index in [4.69, 9.17) is 23.4 Å². The summed E-state index contributed by atoms with van der Waals surface area (Å²) in [5.41, 5.74) is 1.50. The molecule has 4 aliphatic rings. The summed E-state index contributed by atoms with van der Waals surface area (Å²) >= 11 is 0. The van der Waals surface area contributed by atoms with Gasteiger partial charge in [0.25, 0.3) is 0 Å². The van der Waals surface area contributed by atoms with E-state index in [-0.39, 0.29) is 17.8 Å². The normalized spacial score (nSPS) is 42.0. The van der Waals surface area contributed by atoms with Crippen molar-refractivity contribution in [3.05, 3.63) is 35.3 Å². The average Bonchev–Trinajstić information content (AvgIpc) is 3.43. The van der Waals surface area contributed by atoms with E-state index in [2.05, 4.69) is 6.92 Å². The van der Waals surface area contributed by atoms with E-state index in [9.17, 15) is 30.0 Å². The molecule has 1 saturated carbocycles. The molecule has 2 saturated heterocycles. The maximum Gasteiger partial charge on any atom is 0.336 e. The molecule has 0 radical (unpaired) electrons. The number of esters is 2. The number of methoxy groups -OCH3 is 1. The van der Waals surface area contributed by atoms with Crippen molar-refractivity contribution in [2.75, 3.05) is 13.7 Å². The highest BCUT2D eigenvalue weighted by molar-refractivity contribution is 5.91. The van der Waals surface area contributed by atoms with Crippen LogP contribution in [-0.2, 0) is 28.5 Å². The van der Waals surface area contributed by atoms with Gasteiger partial charge in [-0.25, -0.2) is 4.79 Å². The number of allylic oxidation sites excluding steroid dienone is 1. The van der Waals surface area contributed by atoms with Crippen LogP contribution in [0.15, 0.2) is 34.2 Å². The summed E-state index contributed by atoms with van der Waals surface area (Å²) in [4.78, 5) is 26.1. The van der Waals surface area contributed by atoms with Crippen LogP contribution in [0.2, 0.25) is 0 Å². The minimum absolute atomic E-state index is 0.0998. The van der Waals surface area contributed by atoms with Gasteiger partial charge in [-0.05, 0) is 49.5 Å². The Labute approximate surface area is 213 Å². The zero-order valence-electron chi connectivity index (χ0n) is 20.8. The fourth-order valence-electron chi connectivity index (χ4n) is 6.77. The van der Waals surface area contributed by atoms with Gasteiger partial charge in [-0.15, -0.1) is 0 Å². The molecular weight excluding hydrogens is 488 g/mol. The number of hydrogen-bond acceptors (Lipinski definition) is 11. The lowest BCUT2D eigenvalue weighted by molar-refractivity contribution is -0.309. The van der Waals surface area contributed by atoms with E-state index in [1.165, 1.54) is 7.11 Å². The van der Waals surface area contributed by atoms with Gasteiger partial charge < -0.3 is 43.8 Å². The van der Waals surface area contributed by atoms with Gasteiger partial charge in [0, 0.05) is 5.56 Å². The molecule has 204 valence electrons. The number of furan rings is 1. The molecule has 11 nitrogen and oxygen atoms in total. The van der Waals surface area contributed by atoms with E-state index in [1.807, 2.05) is 0 Å². The first-order valence-electron chi connectivity index (χ1n) is 12.7. The molecule has 2 aliphatic heterocycles. The zero-order chi connectivity index (χ0) is 26.5. The summed E-state index contributed by atoms with van der Waals surface area (Å²) in [6, 6.07) is 1.78. The van der Waals surface area contributed by atoms with Gasteiger partial charge in [0.2, 0.25) is 0 Å². The van der Waals surface area contributed by atoms with E-state index < -0.39 is 60.9 Å². The summed E-state index contributed by atoms with van der Waals surface area (Å²) in [7, 11) is 1.28. The van der Waals surface area contributed by atoms with Crippen molar-refractivity contribution in [1.29, 1.82) is 0 Å². The van der Waals surface area contributed by atoms with Crippen LogP contribution in [0.4, 0.5) is 0 Å². The summed E-state index contributed by atoms with van der Waals surface area (Å²) in [6.45, 7) is 1.48. The Kier molecular flexibility index (Phi) is 7.20. The minimum atomic E-state index is -1.59. The highest BCUT2D eigenvalue weighted by Crippen LogP contribution is 2.59. The fourth-order valence-corrected chi connectivity index (χ4v) is 6.77. The Morgan fingerprint density at radius 3 is 2.59 bits per heavy atom. The molecule has 5 rings (SSSR count). The number of hydrogen-bond donors (Lipinski definition) is 4. The molecule has 3 heterocycles. The van der Waals surface area contributed by atoms with Crippen molar-refractivity contribution in [3.8, 4) is 0 Å². The van der Waals surface area contributed by atoms with Gasteiger partial charge in [-0.1, -0.05) is 12.5 Å². The van der Waals surface area contributed by atoms with Gasteiger partial charge >= 0.3 is 11.9 Å². The molecule has 1 aromatic heterocycles. The van der Waals surface area contributed by atoms with Crippen LogP contribution < -0.4 is 0 Å². The van der Waals surface area contributed by atoms with Gasteiger partial charge in [-0.3, -0.25) is 4.79 Å². The molecule has 0 bridgehead atoms. The van der Waals surface area contributed by atoms with Gasteiger partial charge in [-0.2, -0.15) is 0 Å². The van der Waals surface area contributed by atoms with Crippen LogP contribution in [0.3, 0.4) is 0 Å². The third-order valence-electron chi connectivity index (χ3n) is 8.74. The maximum atomic E-state index is 13.1. The molecule has 1 aromatic rings. The molecule has 0 spiro atoms. The standard InChI is InChI=1S/C26H34O11/c1-26-9-17(12-7-8-34-11-12)35-23(31)15(26)4-3-13-14(26)5-6-16(19(13)24(32)33-2)36-25-22(30)21(29)20(28)18(10-27)37-25/h7-8,11,14-18,20-22,25,27-30H,3-6,9-10H2,1-2H3/t14-,15-,16+,17+,18+,20+,21-,22+,25+,26+/m0/s1. The van der Waals surface area contributed by atoms with Crippen LogP contribution in [0.5, 0.6) is 0 Å². The fraction of sp³-hybridized carbons (Fsp3) is 0.692. The van der Waals surface area contributed by atoms with Crippen molar-refractivity contribution >= 4 is 11.9 Å². The number of carbonyl (C=O) groups excluding carboxylic acids is 2. The first kappa shape index (κ1) is 26.3. The Balaban J connectivity index is 1.46.